The maximum atomic E-state index is 14.9. The molecule has 2 N–H and O–H groups in total. The molecule has 0 bridgehead atoms. The number of rotatable bonds is 11. The van der Waals surface area contributed by atoms with Crippen LogP contribution in [0.25, 0.3) is 0 Å². The number of para-hydroxylation sites is 1. The van der Waals surface area contributed by atoms with E-state index in [9.17, 15) is 24.0 Å². The van der Waals surface area contributed by atoms with E-state index in [2.05, 4.69) is 10.6 Å². The molecule has 1 fully saturated rings. The van der Waals surface area contributed by atoms with E-state index in [1.54, 1.807) is 59.7 Å². The molecule has 0 radical (unpaired) electrons. The molecule has 3 aromatic rings. The molecule has 3 amide bonds. The van der Waals surface area contributed by atoms with Gasteiger partial charge < -0.3 is 29.7 Å². The highest BCUT2D eigenvalue weighted by Gasteiger charge is 2.50. The van der Waals surface area contributed by atoms with Gasteiger partial charge in [0.15, 0.2) is 0 Å². The van der Waals surface area contributed by atoms with E-state index in [0.29, 0.717) is 55.6 Å². The smallest absolute Gasteiger partial charge is 0.329 e. The molecular weight excluding hydrogens is 763 g/mol. The highest BCUT2D eigenvalue weighted by atomic mass is 32.1. The number of likely N-dealkylation sites (tertiary alicyclic amines) is 1. The van der Waals surface area contributed by atoms with Crippen LogP contribution in [-0.4, -0.2) is 78.0 Å². The first-order chi connectivity index (χ1) is 26.0. The van der Waals surface area contributed by atoms with E-state index in [-0.39, 0.29) is 57.7 Å². The van der Waals surface area contributed by atoms with Crippen molar-refractivity contribution in [2.24, 2.45) is 0 Å². The summed E-state index contributed by atoms with van der Waals surface area (Å²) in [4.78, 5) is 70.5. The number of benzene rings is 3. The van der Waals surface area contributed by atoms with Crippen molar-refractivity contribution < 1.29 is 38.2 Å². The van der Waals surface area contributed by atoms with Gasteiger partial charge in [-0.3, -0.25) is 19.2 Å². The van der Waals surface area contributed by atoms with Gasteiger partial charge in [-0.1, -0.05) is 66.7 Å². The van der Waals surface area contributed by atoms with Gasteiger partial charge in [-0.25, -0.2) is 4.79 Å². The third-order valence-electron chi connectivity index (χ3n) is 10.1. The Morgan fingerprint density at radius 3 is 2.02 bits per heavy atom. The zero-order valence-corrected chi connectivity index (χ0v) is 36.1. The van der Waals surface area contributed by atoms with Crippen LogP contribution in [0, 0.1) is 0 Å². The molecule has 5 rings (SSSR count). The van der Waals surface area contributed by atoms with Gasteiger partial charge in [-0.15, -0.1) is 0 Å². The molecule has 0 aromatic heterocycles. The van der Waals surface area contributed by atoms with Gasteiger partial charge in [0.05, 0.1) is 24.0 Å². The summed E-state index contributed by atoms with van der Waals surface area (Å²) >= 11 is 0. The minimum absolute atomic E-state index is 0. The number of amides is 3. The van der Waals surface area contributed by atoms with Crippen molar-refractivity contribution in [1.29, 1.82) is 0 Å². The first kappa shape index (κ1) is 46.9. The van der Waals surface area contributed by atoms with E-state index in [0.717, 1.165) is 11.1 Å². The van der Waals surface area contributed by atoms with E-state index >= 15 is 0 Å². The van der Waals surface area contributed by atoms with Crippen molar-refractivity contribution in [2.45, 2.75) is 115 Å². The average Bonchev–Trinajstić information content (AvgIpc) is 3.14. The van der Waals surface area contributed by atoms with Gasteiger partial charge in [0.2, 0.25) is 11.8 Å². The second-order valence-corrected chi connectivity index (χ2v) is 16.4. The zero-order chi connectivity index (χ0) is 40.0. The summed E-state index contributed by atoms with van der Waals surface area (Å²) in [5, 5.41) is 6.10. The molecular formula is C44H59N3O8S2. The van der Waals surface area contributed by atoms with Crippen LogP contribution in [0.2, 0.25) is 0 Å². The predicted octanol–water partition coefficient (Wildman–Crippen LogP) is 6.45. The fourth-order valence-electron chi connectivity index (χ4n) is 7.60. The summed E-state index contributed by atoms with van der Waals surface area (Å²) in [7, 11) is 1.53. The fourth-order valence-corrected chi connectivity index (χ4v) is 7.60. The number of piperidine rings is 1. The molecule has 13 heteroatoms. The molecule has 11 nitrogen and oxygen atoms in total. The molecule has 3 aromatic carbocycles. The van der Waals surface area contributed by atoms with Crippen LogP contribution >= 0.6 is 27.0 Å². The van der Waals surface area contributed by atoms with Crippen LogP contribution in [0.3, 0.4) is 0 Å². The summed E-state index contributed by atoms with van der Waals surface area (Å²) < 4.78 is 16.6. The number of methoxy groups -OCH3 is 1. The lowest BCUT2D eigenvalue weighted by molar-refractivity contribution is -0.160. The third-order valence-corrected chi connectivity index (χ3v) is 10.1. The zero-order valence-electron chi connectivity index (χ0n) is 34.1. The number of nitrogens with one attached hydrogen (secondary N) is 2. The number of esters is 2. The second kappa shape index (κ2) is 19.8. The molecule has 57 heavy (non-hydrogen) atoms. The Morgan fingerprint density at radius 2 is 1.39 bits per heavy atom. The van der Waals surface area contributed by atoms with Crippen molar-refractivity contribution in [3.05, 3.63) is 101 Å². The first-order valence-corrected chi connectivity index (χ1v) is 19.2. The van der Waals surface area contributed by atoms with Gasteiger partial charge in [0.25, 0.3) is 5.91 Å². The number of hydrogen-bond donors (Lipinski definition) is 2. The Kier molecular flexibility index (Phi) is 16.3. The van der Waals surface area contributed by atoms with Crippen LogP contribution < -0.4 is 15.4 Å². The van der Waals surface area contributed by atoms with Crippen molar-refractivity contribution in [2.75, 3.05) is 20.2 Å². The molecule has 1 aliphatic heterocycles. The highest BCUT2D eigenvalue weighted by Crippen LogP contribution is 2.48. The Hall–Kier alpha value is -4.49. The second-order valence-electron chi connectivity index (χ2n) is 16.4. The summed E-state index contributed by atoms with van der Waals surface area (Å²) in [6, 6.07) is 22.8. The molecule has 3 atom stereocenters. The predicted molar refractivity (Wildman–Crippen MR) is 229 cm³/mol. The average molecular weight is 822 g/mol. The van der Waals surface area contributed by atoms with Crippen LogP contribution in [-0.2, 0) is 34.1 Å². The minimum Gasteiger partial charge on any atom is -0.496 e. The van der Waals surface area contributed by atoms with E-state index in [4.69, 9.17) is 14.2 Å². The Balaban J connectivity index is 0.00000435. The van der Waals surface area contributed by atoms with Gasteiger partial charge >= 0.3 is 11.9 Å². The summed E-state index contributed by atoms with van der Waals surface area (Å²) in [6.45, 7) is 11.5. The van der Waals surface area contributed by atoms with Crippen molar-refractivity contribution in [3.63, 3.8) is 0 Å². The normalized spacial score (nSPS) is 18.6. The Morgan fingerprint density at radius 1 is 0.789 bits per heavy atom. The van der Waals surface area contributed by atoms with Gasteiger partial charge in [0, 0.05) is 25.6 Å². The maximum absolute atomic E-state index is 14.9. The molecule has 2 aliphatic rings. The Bertz CT molecular complexity index is 1870. The monoisotopic (exact) mass is 821 g/mol. The lowest BCUT2D eigenvalue weighted by atomic mass is 9.62. The largest absolute Gasteiger partial charge is 0.496 e. The first-order valence-electron chi connectivity index (χ1n) is 19.2. The Labute approximate surface area is 350 Å². The number of ether oxygens (including phenoxy) is 3. The number of carbonyl (C=O) groups is 5. The molecule has 0 unspecified atom stereocenters. The van der Waals surface area contributed by atoms with Crippen LogP contribution in [0.1, 0.15) is 113 Å². The lowest BCUT2D eigenvalue weighted by Crippen LogP contribution is -2.54. The van der Waals surface area contributed by atoms with Crippen LogP contribution in [0.5, 0.6) is 5.75 Å². The molecule has 1 aliphatic carbocycles. The van der Waals surface area contributed by atoms with Crippen molar-refractivity contribution in [3.8, 4) is 5.75 Å². The quantitative estimate of drug-likeness (QED) is 0.211. The molecule has 0 spiro atoms. The summed E-state index contributed by atoms with van der Waals surface area (Å²) in [5.41, 5.74) is -0.132. The number of carbonyl (C=O) groups excluding carboxylic acids is 5. The molecule has 310 valence electrons. The maximum Gasteiger partial charge on any atom is 0.329 e. The number of fused-ring (bicyclic) bond motifs is 1. The lowest BCUT2D eigenvalue weighted by Gasteiger charge is -2.43. The SMILES string of the molecule is COc1ccccc1C(=O)NC1CCN(C(=O)[C@H]2CC[C@@](C(=O)N[C@@H](CCC(=O)OC(C)(C)C)C(=O)OC(C)(C)C)(c3ccccc3)c3ccccc32)CC1.S.S. The van der Waals surface area contributed by atoms with E-state index < -0.39 is 46.4 Å². The fraction of sp³-hybridized carbons (Fsp3) is 0.477. The van der Waals surface area contributed by atoms with Gasteiger partial charge in [0.1, 0.15) is 23.0 Å². The van der Waals surface area contributed by atoms with E-state index in [1.807, 2.05) is 65.6 Å². The van der Waals surface area contributed by atoms with Crippen LogP contribution in [0.15, 0.2) is 78.9 Å². The molecule has 0 saturated carbocycles. The molecule has 1 heterocycles. The minimum atomic E-state index is -1.24. The third kappa shape index (κ3) is 11.6. The highest BCUT2D eigenvalue weighted by molar-refractivity contribution is 7.59. The summed E-state index contributed by atoms with van der Waals surface area (Å²) in [5.74, 6) is -1.76. The summed E-state index contributed by atoms with van der Waals surface area (Å²) in [6.07, 6.45) is 1.78. The topological polar surface area (TPSA) is 140 Å². The van der Waals surface area contributed by atoms with E-state index in [1.165, 1.54) is 7.11 Å². The van der Waals surface area contributed by atoms with Crippen LogP contribution in [0.4, 0.5) is 0 Å². The molecule has 1 saturated heterocycles. The standard InChI is InChI=1S/C44H55N3O8.2H2S/c1-42(2,3)54-37(48)22-21-35(40(51)55-43(4,5)6)46-41(52)44(29-15-9-8-10-16-29)26-23-32(31-17-11-13-19-34(31)44)39(50)47-27-24-30(25-28-47)45-38(49)33-18-12-14-20-36(33)53-7;;/h8-20,30,32,35H,21-28H2,1-7H3,(H,45,49)(H,46,52);2*1H2/t32-,35-,44+;;/m0../s1. The van der Waals surface area contributed by atoms with Gasteiger partial charge in [-0.05, 0) is 102 Å². The van der Waals surface area contributed by atoms with Crippen molar-refractivity contribution >= 4 is 56.7 Å². The number of nitrogens with zero attached hydrogens (tertiary/aromatic N) is 1. The van der Waals surface area contributed by atoms with Crippen molar-refractivity contribution in [1.82, 2.24) is 15.5 Å². The van der Waals surface area contributed by atoms with Gasteiger partial charge in [-0.2, -0.15) is 27.0 Å². The number of hydrogen-bond acceptors (Lipinski definition) is 8.